The monoisotopic (exact) mass is 339 g/mol. The van der Waals surface area contributed by atoms with Crippen molar-refractivity contribution in [2.75, 3.05) is 7.11 Å². The van der Waals surface area contributed by atoms with E-state index in [9.17, 15) is 23.1 Å². The first kappa shape index (κ1) is 17.8. The second-order valence-corrected chi connectivity index (χ2v) is 5.07. The Labute approximate surface area is 136 Å². The number of ether oxygens (including phenoxy) is 1. The Hall–Kier alpha value is -2.54. The molecule has 2 atom stereocenters. The molecule has 24 heavy (non-hydrogen) atoms. The summed E-state index contributed by atoms with van der Waals surface area (Å²) in [5, 5.41) is 11.9. The number of carbonyl (C=O) groups is 1. The van der Waals surface area contributed by atoms with E-state index in [-0.39, 0.29) is 11.1 Å². The molecule has 0 aliphatic rings. The lowest BCUT2D eigenvalue weighted by Gasteiger charge is -2.23. The molecule has 7 heteroatoms. The minimum Gasteiger partial charge on any atom is -0.497 e. The van der Waals surface area contributed by atoms with Crippen molar-refractivity contribution in [2.24, 2.45) is 0 Å². The molecule has 0 saturated heterocycles. The summed E-state index contributed by atoms with van der Waals surface area (Å²) in [6.45, 7) is 0. The van der Waals surface area contributed by atoms with Crippen LogP contribution in [0.25, 0.3) is 0 Å². The summed E-state index contributed by atoms with van der Waals surface area (Å²) < 4.78 is 44.7. The van der Waals surface area contributed by atoms with Crippen molar-refractivity contribution in [1.82, 2.24) is 5.32 Å². The largest absolute Gasteiger partial charge is 0.497 e. The fraction of sp³-hybridized carbons (Fsp3) is 0.235. The molecule has 128 valence electrons. The van der Waals surface area contributed by atoms with Gasteiger partial charge in [-0.15, -0.1) is 0 Å². The van der Waals surface area contributed by atoms with Gasteiger partial charge in [-0.3, -0.25) is 4.79 Å². The Morgan fingerprint density at radius 3 is 2.29 bits per heavy atom. The maximum absolute atomic E-state index is 13.2. The average Bonchev–Trinajstić information content (AvgIpc) is 2.58. The third-order valence-electron chi connectivity index (χ3n) is 3.40. The number of carbonyl (C=O) groups excluding carboxylic acids is 1. The highest BCUT2D eigenvalue weighted by Crippen LogP contribution is 2.33. The molecule has 0 spiro atoms. The van der Waals surface area contributed by atoms with Crippen molar-refractivity contribution >= 4 is 5.91 Å². The molecular formula is C17H16F3NO3. The zero-order valence-corrected chi connectivity index (χ0v) is 12.7. The van der Waals surface area contributed by atoms with Gasteiger partial charge in [0.15, 0.2) is 12.1 Å². The van der Waals surface area contributed by atoms with E-state index < -0.39 is 24.2 Å². The van der Waals surface area contributed by atoms with Gasteiger partial charge in [-0.05, 0) is 23.3 Å². The van der Waals surface area contributed by atoms with Gasteiger partial charge in [0, 0.05) is 0 Å². The van der Waals surface area contributed by atoms with Gasteiger partial charge in [0.2, 0.25) is 0 Å². The number of hydrogen-bond acceptors (Lipinski definition) is 3. The van der Waals surface area contributed by atoms with E-state index in [4.69, 9.17) is 4.74 Å². The Morgan fingerprint density at radius 2 is 1.71 bits per heavy atom. The lowest BCUT2D eigenvalue weighted by atomic mass is 10.0. The number of alkyl halides is 3. The van der Waals surface area contributed by atoms with Crippen LogP contribution in [0.15, 0.2) is 54.6 Å². The van der Waals surface area contributed by atoms with Crippen molar-refractivity contribution in [3.05, 3.63) is 65.7 Å². The van der Waals surface area contributed by atoms with Gasteiger partial charge in [-0.25, -0.2) is 0 Å². The van der Waals surface area contributed by atoms with Crippen LogP contribution < -0.4 is 10.1 Å². The summed E-state index contributed by atoms with van der Waals surface area (Å²) in [6.07, 6.45) is -6.43. The first-order valence-electron chi connectivity index (χ1n) is 7.07. The molecule has 0 aliphatic heterocycles. The predicted octanol–water partition coefficient (Wildman–Crippen LogP) is 3.15. The highest BCUT2D eigenvalue weighted by molar-refractivity contribution is 5.82. The Bertz CT molecular complexity index is 689. The summed E-state index contributed by atoms with van der Waals surface area (Å²) in [4.78, 5) is 12.1. The summed E-state index contributed by atoms with van der Waals surface area (Å²) in [5.41, 5.74) is 0.0250. The van der Waals surface area contributed by atoms with Crippen molar-refractivity contribution in [1.29, 1.82) is 0 Å². The van der Waals surface area contributed by atoms with E-state index in [0.717, 1.165) is 0 Å². The molecule has 0 saturated carbocycles. The van der Waals surface area contributed by atoms with Crippen LogP contribution in [0, 0.1) is 0 Å². The molecule has 2 unspecified atom stereocenters. The van der Waals surface area contributed by atoms with Gasteiger partial charge < -0.3 is 15.2 Å². The van der Waals surface area contributed by atoms with Gasteiger partial charge >= 0.3 is 6.18 Å². The topological polar surface area (TPSA) is 58.6 Å². The quantitative estimate of drug-likeness (QED) is 0.880. The summed E-state index contributed by atoms with van der Waals surface area (Å²) in [6, 6.07) is 10.7. The number of halogens is 3. The van der Waals surface area contributed by atoms with E-state index in [1.807, 2.05) is 5.32 Å². The zero-order chi connectivity index (χ0) is 17.7. The maximum atomic E-state index is 13.2. The summed E-state index contributed by atoms with van der Waals surface area (Å²) in [5.74, 6) is -0.760. The smallest absolute Gasteiger partial charge is 0.412 e. The molecule has 2 N–H and O–H groups in total. The van der Waals surface area contributed by atoms with E-state index in [1.165, 1.54) is 49.6 Å². The third kappa shape index (κ3) is 4.26. The van der Waals surface area contributed by atoms with Crippen LogP contribution in [-0.2, 0) is 4.79 Å². The van der Waals surface area contributed by atoms with E-state index in [0.29, 0.717) is 5.75 Å². The summed E-state index contributed by atoms with van der Waals surface area (Å²) >= 11 is 0. The Kier molecular flexibility index (Phi) is 5.46. The van der Waals surface area contributed by atoms with Crippen molar-refractivity contribution in [3.8, 4) is 5.75 Å². The van der Waals surface area contributed by atoms with Crippen LogP contribution in [0.4, 0.5) is 13.2 Å². The molecular weight excluding hydrogens is 323 g/mol. The number of hydrogen-bond donors (Lipinski definition) is 2. The van der Waals surface area contributed by atoms with Crippen molar-refractivity contribution in [2.45, 2.75) is 18.3 Å². The number of methoxy groups -OCH3 is 1. The highest BCUT2D eigenvalue weighted by atomic mass is 19.4. The average molecular weight is 339 g/mol. The van der Waals surface area contributed by atoms with Crippen molar-refractivity contribution in [3.63, 3.8) is 0 Å². The minimum absolute atomic E-state index is 0.115. The van der Waals surface area contributed by atoms with E-state index in [2.05, 4.69) is 0 Å². The van der Waals surface area contributed by atoms with Crippen LogP contribution in [0.3, 0.4) is 0 Å². The van der Waals surface area contributed by atoms with Crippen LogP contribution in [0.1, 0.15) is 23.3 Å². The second-order valence-electron chi connectivity index (χ2n) is 5.07. The SMILES string of the molecule is COc1cccc(C(O)C(=O)NC(c2ccccc2)C(F)(F)F)c1. The first-order valence-corrected chi connectivity index (χ1v) is 7.07. The minimum atomic E-state index is -4.69. The number of aliphatic hydroxyl groups is 1. The van der Waals surface area contributed by atoms with Gasteiger partial charge in [0.1, 0.15) is 5.75 Å². The van der Waals surface area contributed by atoms with Crippen molar-refractivity contribution < 1.29 is 27.8 Å². The lowest BCUT2D eigenvalue weighted by Crippen LogP contribution is -2.40. The molecule has 0 fully saturated rings. The lowest BCUT2D eigenvalue weighted by molar-refractivity contribution is -0.166. The molecule has 4 nitrogen and oxygen atoms in total. The number of benzene rings is 2. The zero-order valence-electron chi connectivity index (χ0n) is 12.7. The number of rotatable bonds is 5. The van der Waals surface area contributed by atoms with Crippen LogP contribution in [0.5, 0.6) is 5.75 Å². The normalized spacial score (nSPS) is 13.9. The van der Waals surface area contributed by atoms with Crippen LogP contribution in [-0.4, -0.2) is 24.3 Å². The molecule has 0 radical (unpaired) electrons. The fourth-order valence-electron chi connectivity index (χ4n) is 2.18. The molecule has 2 aromatic carbocycles. The molecule has 2 rings (SSSR count). The van der Waals surface area contributed by atoms with Gasteiger partial charge in [-0.2, -0.15) is 13.2 Å². The van der Waals surface area contributed by atoms with E-state index in [1.54, 1.807) is 12.1 Å². The number of amides is 1. The molecule has 2 aromatic rings. The van der Waals surface area contributed by atoms with Crippen LogP contribution >= 0.6 is 0 Å². The van der Waals surface area contributed by atoms with Gasteiger partial charge in [0.05, 0.1) is 7.11 Å². The van der Waals surface area contributed by atoms with Gasteiger partial charge in [0.25, 0.3) is 5.91 Å². The van der Waals surface area contributed by atoms with Crippen LogP contribution in [0.2, 0.25) is 0 Å². The second kappa shape index (κ2) is 7.35. The number of aliphatic hydroxyl groups excluding tert-OH is 1. The number of nitrogens with one attached hydrogen (secondary N) is 1. The molecule has 0 aliphatic carbocycles. The molecule has 0 aromatic heterocycles. The maximum Gasteiger partial charge on any atom is 0.412 e. The summed E-state index contributed by atoms with van der Waals surface area (Å²) in [7, 11) is 1.40. The standard InChI is InChI=1S/C17H16F3NO3/c1-24-13-9-5-8-12(10-13)14(22)16(23)21-15(17(18,19)20)11-6-3-2-4-7-11/h2-10,14-15,22H,1H3,(H,21,23). The Morgan fingerprint density at radius 1 is 1.08 bits per heavy atom. The van der Waals surface area contributed by atoms with E-state index >= 15 is 0 Å². The molecule has 1 amide bonds. The highest BCUT2D eigenvalue weighted by Gasteiger charge is 2.42. The molecule has 0 bridgehead atoms. The molecule has 0 heterocycles. The predicted molar refractivity (Wildman–Crippen MR) is 81.3 cm³/mol. The Balaban J connectivity index is 2.21. The fourth-order valence-corrected chi connectivity index (χ4v) is 2.18. The van der Waals surface area contributed by atoms with Gasteiger partial charge in [-0.1, -0.05) is 42.5 Å². The first-order chi connectivity index (χ1) is 11.3. The third-order valence-corrected chi connectivity index (χ3v) is 3.40.